The van der Waals surface area contributed by atoms with Crippen molar-refractivity contribution in [3.05, 3.63) is 89.5 Å². The lowest BCUT2D eigenvalue weighted by Crippen LogP contribution is -2.35. The Labute approximate surface area is 173 Å². The van der Waals surface area contributed by atoms with E-state index in [1.165, 1.54) is 12.3 Å². The summed E-state index contributed by atoms with van der Waals surface area (Å²) in [5, 5.41) is 5.47. The molecule has 0 aliphatic carbocycles. The third kappa shape index (κ3) is 4.70. The van der Waals surface area contributed by atoms with E-state index in [9.17, 15) is 9.59 Å². The van der Waals surface area contributed by atoms with Gasteiger partial charge < -0.3 is 24.5 Å². The third-order valence-electron chi connectivity index (χ3n) is 4.49. The number of furan rings is 1. The highest BCUT2D eigenvalue weighted by molar-refractivity contribution is 6.04. The smallest absolute Gasteiger partial charge is 0.291 e. The number of carbonyl (C=O) groups is 2. The maximum absolute atomic E-state index is 12.8. The van der Waals surface area contributed by atoms with Crippen LogP contribution in [0.2, 0.25) is 0 Å². The Kier molecular flexibility index (Phi) is 5.80. The zero-order valence-corrected chi connectivity index (χ0v) is 16.1. The van der Waals surface area contributed by atoms with Gasteiger partial charge in [-0.15, -0.1) is 0 Å². The van der Waals surface area contributed by atoms with Gasteiger partial charge in [-0.05, 0) is 47.9 Å². The van der Waals surface area contributed by atoms with Crippen LogP contribution >= 0.6 is 0 Å². The first-order valence-electron chi connectivity index (χ1n) is 9.47. The summed E-state index contributed by atoms with van der Waals surface area (Å²) < 4.78 is 15.8. The van der Waals surface area contributed by atoms with E-state index in [0.29, 0.717) is 30.0 Å². The number of rotatable bonds is 7. The molecule has 152 valence electrons. The molecule has 1 aromatic heterocycles. The highest BCUT2D eigenvalue weighted by Gasteiger charge is 2.18. The Balaban J connectivity index is 1.50. The topological polar surface area (TPSA) is 89.8 Å². The Hall–Kier alpha value is -4.00. The third-order valence-corrected chi connectivity index (χ3v) is 4.49. The van der Waals surface area contributed by atoms with Gasteiger partial charge in [0.25, 0.3) is 11.8 Å². The molecule has 0 spiro atoms. The Morgan fingerprint density at radius 3 is 2.60 bits per heavy atom. The van der Waals surface area contributed by atoms with Gasteiger partial charge in [0.1, 0.15) is 5.70 Å². The minimum atomic E-state index is -0.509. The molecule has 2 N–H and O–H groups in total. The molecule has 7 heteroatoms. The largest absolute Gasteiger partial charge is 0.459 e. The summed E-state index contributed by atoms with van der Waals surface area (Å²) in [4.78, 5) is 25.2. The molecule has 2 heterocycles. The van der Waals surface area contributed by atoms with E-state index in [0.717, 1.165) is 5.56 Å². The standard InChI is InChI=1S/C23H20N2O5/c26-22(24-11-10-16-5-2-1-3-6-16)18(25-23(27)20-7-4-12-28-20)13-17-8-9-19-21(14-17)30-15-29-19/h1-9,12-14H,10-11,15H2,(H,24,26)(H,25,27). The second-order valence-corrected chi connectivity index (χ2v) is 6.59. The van der Waals surface area contributed by atoms with E-state index in [2.05, 4.69) is 10.6 Å². The van der Waals surface area contributed by atoms with Crippen molar-refractivity contribution in [3.8, 4) is 11.5 Å². The molecule has 0 saturated carbocycles. The van der Waals surface area contributed by atoms with Crippen LogP contribution in [0.4, 0.5) is 0 Å². The fraction of sp³-hybridized carbons (Fsp3) is 0.130. The number of carbonyl (C=O) groups excluding carboxylic acids is 2. The number of nitrogens with one attached hydrogen (secondary N) is 2. The average Bonchev–Trinajstić information content (AvgIpc) is 3.45. The average molecular weight is 404 g/mol. The monoisotopic (exact) mass is 404 g/mol. The maximum atomic E-state index is 12.8. The molecule has 0 saturated heterocycles. The van der Waals surface area contributed by atoms with E-state index in [1.807, 2.05) is 30.3 Å². The number of amides is 2. The summed E-state index contributed by atoms with van der Waals surface area (Å²) >= 11 is 0. The molecule has 2 amide bonds. The Morgan fingerprint density at radius 1 is 0.967 bits per heavy atom. The molecule has 0 radical (unpaired) electrons. The number of hydrogen-bond acceptors (Lipinski definition) is 5. The van der Waals surface area contributed by atoms with Crippen LogP contribution in [-0.2, 0) is 11.2 Å². The molecule has 7 nitrogen and oxygen atoms in total. The van der Waals surface area contributed by atoms with Crippen molar-refractivity contribution in [1.29, 1.82) is 0 Å². The van der Waals surface area contributed by atoms with Crippen molar-refractivity contribution >= 4 is 17.9 Å². The molecule has 30 heavy (non-hydrogen) atoms. The quantitative estimate of drug-likeness (QED) is 0.591. The molecule has 0 fully saturated rings. The Bertz CT molecular complexity index is 1060. The van der Waals surface area contributed by atoms with Gasteiger partial charge in [0, 0.05) is 6.54 Å². The van der Waals surface area contributed by atoms with Crippen LogP contribution in [0.5, 0.6) is 11.5 Å². The van der Waals surface area contributed by atoms with E-state index < -0.39 is 11.8 Å². The van der Waals surface area contributed by atoms with Gasteiger partial charge in [-0.3, -0.25) is 9.59 Å². The SMILES string of the molecule is O=C(NCCc1ccccc1)C(=Cc1ccc2c(c1)OCO2)NC(=O)c1ccco1. The van der Waals surface area contributed by atoms with Crippen LogP contribution in [0.1, 0.15) is 21.7 Å². The summed E-state index contributed by atoms with van der Waals surface area (Å²) in [6.45, 7) is 0.586. The van der Waals surface area contributed by atoms with Gasteiger partial charge >= 0.3 is 0 Å². The molecule has 1 aliphatic rings. The highest BCUT2D eigenvalue weighted by atomic mass is 16.7. The fourth-order valence-electron chi connectivity index (χ4n) is 2.98. The van der Waals surface area contributed by atoms with E-state index in [-0.39, 0.29) is 18.3 Å². The van der Waals surface area contributed by atoms with Gasteiger partial charge in [0.2, 0.25) is 6.79 Å². The van der Waals surface area contributed by atoms with Gasteiger partial charge in [-0.1, -0.05) is 36.4 Å². The summed E-state index contributed by atoms with van der Waals surface area (Å²) in [6.07, 6.45) is 3.66. The second-order valence-electron chi connectivity index (χ2n) is 6.59. The van der Waals surface area contributed by atoms with Crippen molar-refractivity contribution in [2.45, 2.75) is 6.42 Å². The lowest BCUT2D eigenvalue weighted by atomic mass is 10.1. The predicted octanol–water partition coefficient (Wildman–Crippen LogP) is 3.14. The van der Waals surface area contributed by atoms with E-state index in [1.54, 1.807) is 30.3 Å². The van der Waals surface area contributed by atoms with Gasteiger partial charge in [-0.25, -0.2) is 0 Å². The van der Waals surface area contributed by atoms with Crippen molar-refractivity contribution in [2.24, 2.45) is 0 Å². The maximum Gasteiger partial charge on any atom is 0.291 e. The molecule has 2 aromatic carbocycles. The minimum Gasteiger partial charge on any atom is -0.459 e. The summed E-state index contributed by atoms with van der Waals surface area (Å²) in [5.41, 5.74) is 1.90. The van der Waals surface area contributed by atoms with E-state index >= 15 is 0 Å². The van der Waals surface area contributed by atoms with Crippen LogP contribution in [0.15, 0.2) is 77.0 Å². The molecule has 1 aliphatic heterocycles. The normalized spacial score (nSPS) is 12.5. The summed E-state index contributed by atoms with van der Waals surface area (Å²) in [7, 11) is 0. The molecule has 4 rings (SSSR count). The molecule has 0 bridgehead atoms. The number of hydrogen-bond donors (Lipinski definition) is 2. The van der Waals surface area contributed by atoms with Gasteiger partial charge in [0.05, 0.1) is 6.26 Å². The number of benzene rings is 2. The highest BCUT2D eigenvalue weighted by Crippen LogP contribution is 2.33. The molecule has 0 atom stereocenters. The zero-order valence-electron chi connectivity index (χ0n) is 16.1. The van der Waals surface area contributed by atoms with Crippen LogP contribution in [-0.4, -0.2) is 25.2 Å². The molecular weight excluding hydrogens is 384 g/mol. The zero-order chi connectivity index (χ0) is 20.8. The van der Waals surface area contributed by atoms with E-state index in [4.69, 9.17) is 13.9 Å². The van der Waals surface area contributed by atoms with Crippen LogP contribution in [0.25, 0.3) is 6.08 Å². The van der Waals surface area contributed by atoms with Crippen molar-refractivity contribution in [2.75, 3.05) is 13.3 Å². The molecule has 0 unspecified atom stereocenters. The van der Waals surface area contributed by atoms with Gasteiger partial charge in [0.15, 0.2) is 17.3 Å². The van der Waals surface area contributed by atoms with Crippen LogP contribution in [0, 0.1) is 0 Å². The lowest BCUT2D eigenvalue weighted by Gasteiger charge is -2.11. The van der Waals surface area contributed by atoms with Crippen molar-refractivity contribution in [1.82, 2.24) is 10.6 Å². The minimum absolute atomic E-state index is 0.100. The molecular formula is C23H20N2O5. The van der Waals surface area contributed by atoms with Crippen LogP contribution < -0.4 is 20.1 Å². The lowest BCUT2D eigenvalue weighted by molar-refractivity contribution is -0.117. The molecule has 3 aromatic rings. The van der Waals surface area contributed by atoms with Gasteiger partial charge in [-0.2, -0.15) is 0 Å². The van der Waals surface area contributed by atoms with Crippen molar-refractivity contribution in [3.63, 3.8) is 0 Å². The second kappa shape index (κ2) is 9.00. The van der Waals surface area contributed by atoms with Crippen LogP contribution in [0.3, 0.4) is 0 Å². The summed E-state index contributed by atoms with van der Waals surface area (Å²) in [5.74, 6) is 0.433. The number of fused-ring (bicyclic) bond motifs is 1. The first-order valence-corrected chi connectivity index (χ1v) is 9.47. The predicted molar refractivity (Wildman–Crippen MR) is 110 cm³/mol. The number of ether oxygens (including phenoxy) is 2. The summed E-state index contributed by atoms with van der Waals surface area (Å²) in [6, 6.07) is 18.3. The Morgan fingerprint density at radius 2 is 1.80 bits per heavy atom. The first-order chi connectivity index (χ1) is 14.7. The van der Waals surface area contributed by atoms with Crippen molar-refractivity contribution < 1.29 is 23.5 Å². The fourth-order valence-corrected chi connectivity index (χ4v) is 2.98. The first kappa shape index (κ1) is 19.3.